The Morgan fingerprint density at radius 1 is 1.05 bits per heavy atom. The number of hydrogen-bond donors (Lipinski definition) is 1. The minimum Gasteiger partial charge on any atom is -0.379 e. The van der Waals surface area contributed by atoms with Gasteiger partial charge < -0.3 is 19.5 Å². The van der Waals surface area contributed by atoms with Gasteiger partial charge in [-0.2, -0.15) is 0 Å². The Bertz CT molecular complexity index is 1420. The van der Waals surface area contributed by atoms with Crippen molar-refractivity contribution < 1.29 is 9.53 Å². The molecule has 0 bridgehead atoms. The van der Waals surface area contributed by atoms with E-state index in [-0.39, 0.29) is 23.7 Å². The van der Waals surface area contributed by atoms with Gasteiger partial charge >= 0.3 is 6.03 Å². The van der Waals surface area contributed by atoms with Gasteiger partial charge in [-0.3, -0.25) is 9.36 Å². The number of benzene rings is 1. The molecule has 0 saturated carbocycles. The van der Waals surface area contributed by atoms with Crippen molar-refractivity contribution in [2.24, 2.45) is 4.99 Å². The SMILES string of the molecule is Cc1ccccc1-c1cc2cnc(=NC3CCN(C(=O)N4CCCC4)CC3)n(C3CCOC3)c2[nH]c1=O. The van der Waals surface area contributed by atoms with Crippen LogP contribution in [0.1, 0.15) is 43.7 Å². The second-order valence-corrected chi connectivity index (χ2v) is 10.4. The fourth-order valence-electron chi connectivity index (χ4n) is 5.82. The van der Waals surface area contributed by atoms with Gasteiger partial charge in [0, 0.05) is 49.9 Å². The first kappa shape index (κ1) is 23.9. The first-order valence-corrected chi connectivity index (χ1v) is 13.4. The third-order valence-electron chi connectivity index (χ3n) is 7.94. The zero-order valence-electron chi connectivity index (χ0n) is 21.4. The second-order valence-electron chi connectivity index (χ2n) is 10.4. The highest BCUT2D eigenvalue weighted by atomic mass is 16.5. The Hall–Kier alpha value is -3.46. The molecule has 1 unspecified atom stereocenters. The highest BCUT2D eigenvalue weighted by Gasteiger charge is 2.28. The lowest BCUT2D eigenvalue weighted by molar-refractivity contribution is 0.148. The van der Waals surface area contributed by atoms with Gasteiger partial charge in [-0.15, -0.1) is 0 Å². The number of amides is 2. The molecule has 3 aliphatic rings. The van der Waals surface area contributed by atoms with Crippen molar-refractivity contribution in [3.05, 3.63) is 58.1 Å². The maximum absolute atomic E-state index is 13.3. The summed E-state index contributed by atoms with van der Waals surface area (Å²) < 4.78 is 7.77. The minimum absolute atomic E-state index is 0.0618. The van der Waals surface area contributed by atoms with Gasteiger partial charge in [-0.1, -0.05) is 24.3 Å². The lowest BCUT2D eigenvalue weighted by Crippen LogP contribution is -2.46. The van der Waals surface area contributed by atoms with Crippen LogP contribution in [-0.2, 0) is 4.74 Å². The number of fused-ring (bicyclic) bond motifs is 1. The van der Waals surface area contributed by atoms with E-state index in [1.807, 2.05) is 53.3 Å². The predicted octanol–water partition coefficient (Wildman–Crippen LogP) is 3.24. The van der Waals surface area contributed by atoms with E-state index in [4.69, 9.17) is 14.7 Å². The van der Waals surface area contributed by atoms with E-state index >= 15 is 0 Å². The summed E-state index contributed by atoms with van der Waals surface area (Å²) >= 11 is 0. The number of hydrogen-bond acceptors (Lipinski definition) is 5. The lowest BCUT2D eigenvalue weighted by atomic mass is 10.0. The molecule has 3 fully saturated rings. The predicted molar refractivity (Wildman–Crippen MR) is 141 cm³/mol. The number of H-pyrrole nitrogens is 1. The molecule has 0 radical (unpaired) electrons. The fraction of sp³-hybridized carbons (Fsp3) is 0.500. The van der Waals surface area contributed by atoms with Gasteiger partial charge in [0.1, 0.15) is 5.65 Å². The molecule has 1 atom stereocenters. The van der Waals surface area contributed by atoms with Gasteiger partial charge in [-0.05, 0) is 56.2 Å². The summed E-state index contributed by atoms with van der Waals surface area (Å²) in [5, 5.41) is 0.870. The highest BCUT2D eigenvalue weighted by molar-refractivity contribution is 5.81. The molecule has 2 aromatic heterocycles. The molecular formula is C28H34N6O3. The van der Waals surface area contributed by atoms with Gasteiger partial charge in [0.05, 0.1) is 18.7 Å². The first-order valence-electron chi connectivity index (χ1n) is 13.4. The maximum Gasteiger partial charge on any atom is 0.319 e. The van der Waals surface area contributed by atoms with Gasteiger partial charge in [-0.25, -0.2) is 14.8 Å². The topological polar surface area (TPSA) is 95.8 Å². The van der Waals surface area contributed by atoms with E-state index in [2.05, 4.69) is 9.55 Å². The monoisotopic (exact) mass is 502 g/mol. The number of carbonyl (C=O) groups is 1. The number of ether oxygens (including phenoxy) is 1. The number of aryl methyl sites for hydroxylation is 1. The Morgan fingerprint density at radius 3 is 2.54 bits per heavy atom. The number of aromatic nitrogens is 3. The summed E-state index contributed by atoms with van der Waals surface area (Å²) in [5.41, 5.74) is 3.84. The molecule has 3 aliphatic heterocycles. The van der Waals surface area contributed by atoms with Crippen LogP contribution in [0.15, 0.2) is 46.3 Å². The zero-order chi connectivity index (χ0) is 25.4. The van der Waals surface area contributed by atoms with Crippen LogP contribution in [-0.4, -0.2) is 75.8 Å². The van der Waals surface area contributed by atoms with E-state index in [1.165, 1.54) is 0 Å². The van der Waals surface area contributed by atoms with Crippen LogP contribution in [0, 0.1) is 6.92 Å². The molecule has 5 heterocycles. The number of carbonyl (C=O) groups excluding carboxylic acids is 1. The molecule has 1 aromatic carbocycles. The summed E-state index contributed by atoms with van der Waals surface area (Å²) in [4.78, 5) is 43.0. The van der Waals surface area contributed by atoms with Crippen molar-refractivity contribution in [2.45, 2.75) is 51.1 Å². The van der Waals surface area contributed by atoms with Crippen LogP contribution in [0.25, 0.3) is 22.2 Å². The summed E-state index contributed by atoms with van der Waals surface area (Å²) in [6.45, 7) is 6.42. The number of pyridine rings is 1. The van der Waals surface area contributed by atoms with Crippen molar-refractivity contribution in [3.63, 3.8) is 0 Å². The molecule has 37 heavy (non-hydrogen) atoms. The average molecular weight is 503 g/mol. The number of likely N-dealkylation sites (tertiary alicyclic amines) is 2. The molecule has 3 saturated heterocycles. The van der Waals surface area contributed by atoms with E-state index < -0.39 is 0 Å². The summed E-state index contributed by atoms with van der Waals surface area (Å²) in [6, 6.07) is 10.2. The Balaban J connectivity index is 1.34. The number of nitrogens with one attached hydrogen (secondary N) is 1. The number of urea groups is 1. The third kappa shape index (κ3) is 4.68. The van der Waals surface area contributed by atoms with Crippen molar-refractivity contribution in [3.8, 4) is 11.1 Å². The Labute approximate surface area is 215 Å². The number of aromatic amines is 1. The molecule has 2 amide bonds. The molecule has 1 N–H and O–H groups in total. The molecule has 0 spiro atoms. The summed E-state index contributed by atoms with van der Waals surface area (Å²) in [5.74, 6) is 0. The van der Waals surface area contributed by atoms with Crippen molar-refractivity contribution >= 4 is 17.1 Å². The Kier molecular flexibility index (Phi) is 6.54. The minimum atomic E-state index is -0.125. The second kappa shape index (κ2) is 10.1. The van der Waals surface area contributed by atoms with Crippen molar-refractivity contribution in [1.29, 1.82) is 0 Å². The smallest absolute Gasteiger partial charge is 0.319 e. The zero-order valence-corrected chi connectivity index (χ0v) is 21.4. The fourth-order valence-corrected chi connectivity index (χ4v) is 5.82. The van der Waals surface area contributed by atoms with Crippen LogP contribution in [0.3, 0.4) is 0 Å². The van der Waals surface area contributed by atoms with Gasteiger partial charge in [0.2, 0.25) is 5.62 Å². The van der Waals surface area contributed by atoms with E-state index in [0.717, 1.165) is 67.4 Å². The maximum atomic E-state index is 13.3. The van der Waals surface area contributed by atoms with E-state index in [1.54, 1.807) is 0 Å². The molecule has 3 aromatic rings. The third-order valence-corrected chi connectivity index (χ3v) is 7.94. The number of rotatable bonds is 3. The molecule has 6 rings (SSSR count). The van der Waals surface area contributed by atoms with Gasteiger partial charge in [0.25, 0.3) is 5.56 Å². The van der Waals surface area contributed by atoms with Crippen LogP contribution in [0.2, 0.25) is 0 Å². The van der Waals surface area contributed by atoms with Crippen LogP contribution in [0.5, 0.6) is 0 Å². The number of nitrogens with zero attached hydrogens (tertiary/aromatic N) is 5. The quantitative estimate of drug-likeness (QED) is 0.595. The first-order chi connectivity index (χ1) is 18.1. The van der Waals surface area contributed by atoms with Crippen molar-refractivity contribution in [2.75, 3.05) is 39.4 Å². The van der Waals surface area contributed by atoms with E-state index in [0.29, 0.717) is 37.5 Å². The molecular weight excluding hydrogens is 468 g/mol. The normalized spacial score (nSPS) is 21.3. The molecule has 9 nitrogen and oxygen atoms in total. The van der Waals surface area contributed by atoms with Crippen LogP contribution >= 0.6 is 0 Å². The van der Waals surface area contributed by atoms with E-state index in [9.17, 15) is 9.59 Å². The van der Waals surface area contributed by atoms with Crippen LogP contribution in [0.4, 0.5) is 4.79 Å². The molecule has 194 valence electrons. The standard InChI is InChI=1S/C28H34N6O3/c1-19-6-2-3-7-23(19)24-16-20-17-29-27(34(22-10-15-37-18-22)25(20)31-26(24)35)30-21-8-13-33(14-9-21)28(36)32-11-4-5-12-32/h2-3,6-7,16-17,21-22H,4-5,8-15,18H2,1H3,(H,31,35). The Morgan fingerprint density at radius 2 is 1.81 bits per heavy atom. The number of piperidine rings is 1. The lowest BCUT2D eigenvalue weighted by Gasteiger charge is -2.33. The summed E-state index contributed by atoms with van der Waals surface area (Å²) in [7, 11) is 0. The van der Waals surface area contributed by atoms with Gasteiger partial charge in [0.15, 0.2) is 0 Å². The average Bonchev–Trinajstić information content (AvgIpc) is 3.64. The highest BCUT2D eigenvalue weighted by Crippen LogP contribution is 2.25. The largest absolute Gasteiger partial charge is 0.379 e. The van der Waals surface area contributed by atoms with Crippen LogP contribution < -0.4 is 11.2 Å². The molecule has 9 heteroatoms. The summed E-state index contributed by atoms with van der Waals surface area (Å²) in [6.07, 6.45) is 6.48. The van der Waals surface area contributed by atoms with Crippen molar-refractivity contribution in [1.82, 2.24) is 24.3 Å². The molecule has 0 aliphatic carbocycles.